The number of amides is 4. The first-order valence-electron chi connectivity index (χ1n) is 16.9. The van der Waals surface area contributed by atoms with Crippen LogP contribution in [0.3, 0.4) is 0 Å². The number of rotatable bonds is 10. The molecule has 51 heavy (non-hydrogen) atoms. The lowest BCUT2D eigenvalue weighted by molar-refractivity contribution is -0.143. The number of β-amino-alcohol motifs (C(OH)–C–C–N with tert-alkyl or cyclic N) is 1. The van der Waals surface area contributed by atoms with E-state index in [1.54, 1.807) is 66.9 Å². The lowest BCUT2D eigenvalue weighted by atomic mass is 9.85. The van der Waals surface area contributed by atoms with Gasteiger partial charge in [0.25, 0.3) is 5.91 Å². The number of aliphatic hydroxyl groups is 1. The molecule has 1 aliphatic heterocycles. The summed E-state index contributed by atoms with van der Waals surface area (Å²) in [5.41, 5.74) is -2.83. The van der Waals surface area contributed by atoms with Gasteiger partial charge in [0.15, 0.2) is 0 Å². The molecular weight excluding hydrogens is 791 g/mol. The van der Waals surface area contributed by atoms with Gasteiger partial charge in [-0.25, -0.2) is 13.2 Å². The number of carbonyl (C=O) groups is 4. The van der Waals surface area contributed by atoms with E-state index in [4.69, 9.17) is 9.47 Å². The van der Waals surface area contributed by atoms with Crippen LogP contribution in [0.5, 0.6) is 5.75 Å². The fourth-order valence-corrected chi connectivity index (χ4v) is 8.70. The van der Waals surface area contributed by atoms with Gasteiger partial charge in [-0.05, 0) is 80.3 Å². The fourth-order valence-electron chi connectivity index (χ4n) is 6.20. The monoisotopic (exact) mass is 838 g/mol. The van der Waals surface area contributed by atoms with Gasteiger partial charge in [-0.15, -0.1) is 0 Å². The van der Waals surface area contributed by atoms with Gasteiger partial charge in [0.1, 0.15) is 34.6 Å². The molecule has 13 nitrogen and oxygen atoms in total. The van der Waals surface area contributed by atoms with E-state index in [1.807, 2.05) is 52.9 Å². The van der Waals surface area contributed by atoms with Crippen molar-refractivity contribution in [1.29, 1.82) is 0 Å². The maximum atomic E-state index is 14.5. The third-order valence-electron chi connectivity index (χ3n) is 9.35. The van der Waals surface area contributed by atoms with Crippen molar-refractivity contribution in [1.82, 2.24) is 20.3 Å². The van der Waals surface area contributed by atoms with Crippen molar-refractivity contribution in [2.24, 2.45) is 5.41 Å². The number of alkyl carbamates (subject to hydrolysis) is 1. The van der Waals surface area contributed by atoms with E-state index in [9.17, 15) is 32.7 Å². The Morgan fingerprint density at radius 3 is 2.14 bits per heavy atom. The predicted molar refractivity (Wildman–Crippen MR) is 198 cm³/mol. The van der Waals surface area contributed by atoms with E-state index in [-0.39, 0.29) is 19.4 Å². The van der Waals surface area contributed by atoms with E-state index in [0.717, 1.165) is 11.1 Å². The number of nitrogens with zero attached hydrogens (tertiary/aromatic N) is 1. The third kappa shape index (κ3) is 8.62. The molecule has 3 fully saturated rings. The Balaban J connectivity index is 1.48. The second kappa shape index (κ2) is 13.8. The molecule has 2 saturated carbocycles. The minimum atomic E-state index is -3.89. The number of likely N-dealkylation sites (tertiary alicyclic amines) is 1. The van der Waals surface area contributed by atoms with Crippen LogP contribution in [0.1, 0.15) is 72.8 Å². The van der Waals surface area contributed by atoms with Gasteiger partial charge < -0.3 is 30.1 Å². The summed E-state index contributed by atoms with van der Waals surface area (Å²) in [6.45, 7) is 10.1. The van der Waals surface area contributed by atoms with E-state index in [1.165, 1.54) is 4.90 Å². The SMILES string of the molecule is COc1ccc(-c2cccc([C@]3(O)C[C@@H](C(=O)N[C@]4(C(=O)NS(=O)(=O)C5CC5)C[C@H]4I)N(C(=O)C(NC(=O)OC(C)(C)C)C(C)(C)C)C3)c2)cc1. The van der Waals surface area contributed by atoms with E-state index in [0.29, 0.717) is 24.2 Å². The van der Waals surface area contributed by atoms with Gasteiger partial charge in [0, 0.05) is 10.3 Å². The van der Waals surface area contributed by atoms with Crippen LogP contribution in [0.4, 0.5) is 4.79 Å². The average Bonchev–Trinajstić information content (AvgIpc) is 3.96. The molecule has 2 aromatic carbocycles. The van der Waals surface area contributed by atoms with Gasteiger partial charge in [-0.2, -0.15) is 0 Å². The molecule has 4 N–H and O–H groups in total. The third-order valence-corrected chi connectivity index (χ3v) is 12.7. The van der Waals surface area contributed by atoms with Crippen molar-refractivity contribution in [2.45, 2.75) is 105 Å². The van der Waals surface area contributed by atoms with Crippen LogP contribution in [-0.2, 0) is 34.7 Å². The molecule has 0 radical (unpaired) electrons. The summed E-state index contributed by atoms with van der Waals surface area (Å²) in [6.07, 6.45) is 0.0460. The standard InChI is InChI=1S/C36H47IN4O9S/c1-33(2,3)28(38-32(45)50-34(4,5)6)30(43)41-20-35(46,23-10-8-9-22(17-23)21-11-13-24(49-7)14-12-21)18-26(41)29(42)39-36(19-27(36)37)31(44)40-51(47,48)25-15-16-25/h8-14,17,25-28,46H,15-16,18-20H2,1-7H3,(H,38,45)(H,39,42)(H,40,44)/t26-,27+,28?,35-,36+/m0/s1. The van der Waals surface area contributed by atoms with E-state index in [2.05, 4.69) is 15.4 Å². The summed E-state index contributed by atoms with van der Waals surface area (Å²) < 4.78 is 37.7. The smallest absolute Gasteiger partial charge is 0.408 e. The summed E-state index contributed by atoms with van der Waals surface area (Å²) in [5, 5.41) is 17.1. The Morgan fingerprint density at radius 2 is 1.61 bits per heavy atom. The van der Waals surface area contributed by atoms with Crippen molar-refractivity contribution < 1.29 is 42.2 Å². The first kappa shape index (κ1) is 38.8. The highest BCUT2D eigenvalue weighted by atomic mass is 127. The molecular formula is C36H47IN4O9S. The lowest BCUT2D eigenvalue weighted by Gasteiger charge is -2.36. The normalized spacial score (nSPS) is 25.4. The molecule has 0 bridgehead atoms. The van der Waals surface area contributed by atoms with Gasteiger partial charge in [0.2, 0.25) is 21.8 Å². The Morgan fingerprint density at radius 1 is 0.980 bits per heavy atom. The number of ether oxygens (including phenoxy) is 2. The van der Waals surface area contributed by atoms with Gasteiger partial charge >= 0.3 is 6.09 Å². The van der Waals surface area contributed by atoms with Crippen molar-refractivity contribution in [3.8, 4) is 16.9 Å². The topological polar surface area (TPSA) is 180 Å². The Kier molecular flexibility index (Phi) is 10.5. The highest BCUT2D eigenvalue weighted by molar-refractivity contribution is 14.1. The summed E-state index contributed by atoms with van der Waals surface area (Å²) in [7, 11) is -2.31. The second-order valence-electron chi connectivity index (χ2n) is 15.8. The van der Waals surface area contributed by atoms with Crippen molar-refractivity contribution in [3.05, 3.63) is 54.1 Å². The van der Waals surface area contributed by atoms with Crippen LogP contribution < -0.4 is 20.1 Å². The number of methoxy groups -OCH3 is 1. The molecule has 2 aliphatic carbocycles. The maximum absolute atomic E-state index is 14.5. The van der Waals surface area contributed by atoms with Crippen molar-refractivity contribution in [3.63, 3.8) is 0 Å². The highest BCUT2D eigenvalue weighted by Gasteiger charge is 2.63. The molecule has 5 atom stereocenters. The largest absolute Gasteiger partial charge is 0.497 e. The number of hydrogen-bond donors (Lipinski definition) is 4. The minimum Gasteiger partial charge on any atom is -0.497 e. The number of alkyl halides is 1. The molecule has 2 aromatic rings. The molecule has 3 aliphatic rings. The van der Waals surface area contributed by atoms with Crippen molar-refractivity contribution in [2.75, 3.05) is 13.7 Å². The maximum Gasteiger partial charge on any atom is 0.408 e. The Hall–Kier alpha value is -3.44. The summed E-state index contributed by atoms with van der Waals surface area (Å²) in [4.78, 5) is 56.3. The fraction of sp³-hybridized carbons (Fsp3) is 0.556. The average molecular weight is 839 g/mol. The van der Waals surface area contributed by atoms with Gasteiger partial charge in [-0.1, -0.05) is 73.7 Å². The number of carbonyl (C=O) groups excluding carboxylic acids is 4. The highest BCUT2D eigenvalue weighted by Crippen LogP contribution is 2.45. The molecule has 4 amide bonds. The molecule has 1 saturated heterocycles. The number of nitrogens with one attached hydrogen (secondary N) is 3. The Bertz CT molecular complexity index is 1800. The first-order chi connectivity index (χ1) is 23.6. The molecule has 0 spiro atoms. The van der Waals surface area contributed by atoms with Crippen LogP contribution in [0, 0.1) is 5.41 Å². The summed E-state index contributed by atoms with van der Waals surface area (Å²) in [6, 6.07) is 12.1. The zero-order valence-corrected chi connectivity index (χ0v) is 32.9. The van der Waals surface area contributed by atoms with E-state index >= 15 is 0 Å². The summed E-state index contributed by atoms with van der Waals surface area (Å²) in [5.74, 6) is -1.51. The number of benzene rings is 2. The Labute approximate surface area is 312 Å². The van der Waals surface area contributed by atoms with Crippen LogP contribution in [0.25, 0.3) is 11.1 Å². The summed E-state index contributed by atoms with van der Waals surface area (Å²) >= 11 is 1.99. The molecule has 0 aromatic heterocycles. The van der Waals surface area contributed by atoms with Crippen LogP contribution >= 0.6 is 22.6 Å². The first-order valence-corrected chi connectivity index (χ1v) is 19.7. The molecule has 15 heteroatoms. The second-order valence-corrected chi connectivity index (χ2v) is 19.2. The molecule has 5 rings (SSSR count). The van der Waals surface area contributed by atoms with Crippen LogP contribution in [-0.4, -0.2) is 88.3 Å². The number of halogens is 1. The molecule has 1 heterocycles. The minimum absolute atomic E-state index is 0.185. The molecule has 278 valence electrons. The van der Waals surface area contributed by atoms with Crippen LogP contribution in [0.15, 0.2) is 48.5 Å². The van der Waals surface area contributed by atoms with E-state index < -0.39 is 77.3 Å². The lowest BCUT2D eigenvalue weighted by Crippen LogP contribution is -2.60. The van der Waals surface area contributed by atoms with Gasteiger partial charge in [-0.3, -0.25) is 19.1 Å². The zero-order valence-electron chi connectivity index (χ0n) is 29.9. The number of sulfonamides is 1. The van der Waals surface area contributed by atoms with Crippen LogP contribution in [0.2, 0.25) is 0 Å². The predicted octanol–water partition coefficient (Wildman–Crippen LogP) is 3.76. The zero-order chi connectivity index (χ0) is 37.7. The quantitative estimate of drug-likeness (QED) is 0.205. The molecule has 1 unspecified atom stereocenters. The van der Waals surface area contributed by atoms with Crippen molar-refractivity contribution >= 4 is 56.4 Å². The number of hydrogen-bond acceptors (Lipinski definition) is 9. The van der Waals surface area contributed by atoms with Gasteiger partial charge in [0.05, 0.1) is 18.9 Å².